The van der Waals surface area contributed by atoms with Gasteiger partial charge >= 0.3 is 5.97 Å². The molecule has 3 N–H and O–H groups in total. The van der Waals surface area contributed by atoms with Crippen molar-refractivity contribution in [3.8, 4) is 0 Å². The molecule has 1 aliphatic carbocycles. The number of carboxylic acid groups (broad SMARTS) is 1. The lowest BCUT2D eigenvalue weighted by atomic mass is 10.1. The first kappa shape index (κ1) is 11.6. The lowest BCUT2D eigenvalue weighted by molar-refractivity contribution is 0.0702. The molecule has 0 aromatic carbocycles. The molecule has 1 aliphatic rings. The van der Waals surface area contributed by atoms with Gasteiger partial charge in [-0.2, -0.15) is 0 Å². The smallest absolute Gasteiger partial charge is 0.345 e. The summed E-state index contributed by atoms with van der Waals surface area (Å²) in [4.78, 5) is 12.1. The number of aliphatic hydroxyl groups excluding tert-OH is 1. The van der Waals surface area contributed by atoms with Crippen LogP contribution in [0.15, 0.2) is 12.1 Å². The van der Waals surface area contributed by atoms with Crippen LogP contribution in [-0.2, 0) is 6.54 Å². The second-order valence-corrected chi connectivity index (χ2v) is 5.50. The topological polar surface area (TPSA) is 69.6 Å². The Balaban J connectivity index is 1.79. The van der Waals surface area contributed by atoms with E-state index >= 15 is 0 Å². The molecule has 16 heavy (non-hydrogen) atoms. The Labute approximate surface area is 97.9 Å². The molecule has 1 aromatic rings. The Hall–Kier alpha value is -0.910. The van der Waals surface area contributed by atoms with Crippen molar-refractivity contribution < 1.29 is 15.0 Å². The molecule has 1 heterocycles. The number of hydrogen-bond donors (Lipinski definition) is 3. The van der Waals surface area contributed by atoms with Crippen molar-refractivity contribution in [3.63, 3.8) is 0 Å². The number of carbonyl (C=O) groups is 1. The zero-order chi connectivity index (χ0) is 11.6. The second-order valence-electron chi connectivity index (χ2n) is 4.33. The van der Waals surface area contributed by atoms with Gasteiger partial charge in [0, 0.05) is 30.0 Å². The van der Waals surface area contributed by atoms with Gasteiger partial charge in [0.25, 0.3) is 0 Å². The van der Waals surface area contributed by atoms with E-state index in [2.05, 4.69) is 5.32 Å². The maximum atomic E-state index is 10.7. The third-order valence-corrected chi connectivity index (χ3v) is 4.04. The van der Waals surface area contributed by atoms with Crippen LogP contribution < -0.4 is 5.32 Å². The number of rotatable bonds is 6. The lowest BCUT2D eigenvalue weighted by Crippen LogP contribution is -2.25. The standard InChI is InChI=1S/C11H15NO3S/c13-7-11(3-4-11)6-12-5-8-1-2-9(16-8)10(14)15/h1-2,12-13H,3-7H2,(H,14,15). The van der Waals surface area contributed by atoms with E-state index < -0.39 is 5.97 Å². The van der Waals surface area contributed by atoms with Crippen molar-refractivity contribution in [1.29, 1.82) is 0 Å². The Morgan fingerprint density at radius 1 is 1.50 bits per heavy atom. The summed E-state index contributed by atoms with van der Waals surface area (Å²) in [6.07, 6.45) is 2.17. The highest BCUT2D eigenvalue weighted by molar-refractivity contribution is 7.13. The zero-order valence-electron chi connectivity index (χ0n) is 8.90. The van der Waals surface area contributed by atoms with Gasteiger partial charge in [-0.3, -0.25) is 0 Å². The molecular formula is C11H15NO3S. The predicted octanol–water partition coefficient (Wildman–Crippen LogP) is 1.31. The van der Waals surface area contributed by atoms with E-state index in [0.29, 0.717) is 11.4 Å². The summed E-state index contributed by atoms with van der Waals surface area (Å²) in [7, 11) is 0. The van der Waals surface area contributed by atoms with Gasteiger partial charge < -0.3 is 15.5 Å². The van der Waals surface area contributed by atoms with E-state index in [1.54, 1.807) is 6.07 Å². The molecule has 0 bridgehead atoms. The Bertz CT molecular complexity index is 384. The summed E-state index contributed by atoms with van der Waals surface area (Å²) >= 11 is 1.30. The van der Waals surface area contributed by atoms with Crippen LogP contribution >= 0.6 is 11.3 Å². The summed E-state index contributed by atoms with van der Waals surface area (Å²) in [5, 5.41) is 21.1. The van der Waals surface area contributed by atoms with Gasteiger partial charge in [-0.05, 0) is 25.0 Å². The number of aromatic carboxylic acids is 1. The summed E-state index contributed by atoms with van der Waals surface area (Å²) in [6.45, 7) is 1.73. The maximum absolute atomic E-state index is 10.7. The Morgan fingerprint density at radius 3 is 2.75 bits per heavy atom. The fourth-order valence-corrected chi connectivity index (χ4v) is 2.42. The fraction of sp³-hybridized carbons (Fsp3) is 0.545. The average molecular weight is 241 g/mol. The van der Waals surface area contributed by atoms with Crippen molar-refractivity contribution in [1.82, 2.24) is 5.32 Å². The monoisotopic (exact) mass is 241 g/mol. The van der Waals surface area contributed by atoms with E-state index in [0.717, 1.165) is 24.3 Å². The third kappa shape index (κ3) is 2.61. The van der Waals surface area contributed by atoms with E-state index in [9.17, 15) is 4.79 Å². The SMILES string of the molecule is O=C(O)c1ccc(CNCC2(CO)CC2)s1. The summed E-state index contributed by atoms with van der Waals surface area (Å²) < 4.78 is 0. The van der Waals surface area contributed by atoms with E-state index in [1.165, 1.54) is 11.3 Å². The summed E-state index contributed by atoms with van der Waals surface area (Å²) in [6, 6.07) is 3.46. The highest BCUT2D eigenvalue weighted by atomic mass is 32.1. The molecule has 1 fully saturated rings. The first-order chi connectivity index (χ1) is 7.65. The first-order valence-electron chi connectivity index (χ1n) is 5.29. The minimum Gasteiger partial charge on any atom is -0.477 e. The molecular weight excluding hydrogens is 226 g/mol. The van der Waals surface area contributed by atoms with Crippen molar-refractivity contribution >= 4 is 17.3 Å². The molecule has 0 spiro atoms. The Kier molecular flexibility index (Phi) is 3.28. The highest BCUT2D eigenvalue weighted by Gasteiger charge is 2.41. The highest BCUT2D eigenvalue weighted by Crippen LogP contribution is 2.44. The van der Waals surface area contributed by atoms with Crippen LogP contribution in [0.4, 0.5) is 0 Å². The number of carboxylic acids is 1. The molecule has 88 valence electrons. The number of thiophene rings is 1. The molecule has 0 atom stereocenters. The van der Waals surface area contributed by atoms with Crippen LogP contribution in [0.25, 0.3) is 0 Å². The van der Waals surface area contributed by atoms with Crippen LogP contribution in [0, 0.1) is 5.41 Å². The minimum absolute atomic E-state index is 0.104. The molecule has 1 aromatic heterocycles. The number of hydrogen-bond acceptors (Lipinski definition) is 4. The minimum atomic E-state index is -0.870. The van der Waals surface area contributed by atoms with Gasteiger partial charge in [0.05, 0.1) is 0 Å². The van der Waals surface area contributed by atoms with Gasteiger partial charge in [0.1, 0.15) is 4.88 Å². The zero-order valence-corrected chi connectivity index (χ0v) is 9.72. The molecule has 0 unspecified atom stereocenters. The molecule has 5 heteroatoms. The summed E-state index contributed by atoms with van der Waals surface area (Å²) in [5.74, 6) is -0.870. The number of nitrogens with one attached hydrogen (secondary N) is 1. The lowest BCUT2D eigenvalue weighted by Gasteiger charge is -2.11. The molecule has 1 saturated carbocycles. The fourth-order valence-electron chi connectivity index (χ4n) is 1.61. The normalized spacial score (nSPS) is 17.3. The van der Waals surface area contributed by atoms with Crippen LogP contribution in [0.2, 0.25) is 0 Å². The van der Waals surface area contributed by atoms with Gasteiger partial charge in [0.15, 0.2) is 0 Å². The van der Waals surface area contributed by atoms with Gasteiger partial charge in [-0.25, -0.2) is 4.79 Å². The molecule has 4 nitrogen and oxygen atoms in total. The van der Waals surface area contributed by atoms with Crippen LogP contribution in [0.1, 0.15) is 27.4 Å². The van der Waals surface area contributed by atoms with Crippen LogP contribution in [-0.4, -0.2) is 29.3 Å². The average Bonchev–Trinajstić information content (AvgIpc) is 2.88. The quantitative estimate of drug-likeness (QED) is 0.702. The molecule has 0 amide bonds. The van der Waals surface area contributed by atoms with E-state index in [-0.39, 0.29) is 12.0 Å². The second kappa shape index (κ2) is 4.53. The number of aliphatic hydroxyl groups is 1. The van der Waals surface area contributed by atoms with Crippen LogP contribution in [0.5, 0.6) is 0 Å². The first-order valence-corrected chi connectivity index (χ1v) is 6.10. The Morgan fingerprint density at radius 2 is 2.25 bits per heavy atom. The van der Waals surface area contributed by atoms with Gasteiger partial charge in [-0.1, -0.05) is 0 Å². The van der Waals surface area contributed by atoms with Crippen molar-refractivity contribution in [3.05, 3.63) is 21.9 Å². The van der Waals surface area contributed by atoms with Crippen LogP contribution in [0.3, 0.4) is 0 Å². The predicted molar refractivity (Wildman–Crippen MR) is 61.7 cm³/mol. The molecule has 2 rings (SSSR count). The van der Waals surface area contributed by atoms with Crippen molar-refractivity contribution in [2.24, 2.45) is 5.41 Å². The third-order valence-electron chi connectivity index (χ3n) is 2.96. The largest absolute Gasteiger partial charge is 0.477 e. The van der Waals surface area contributed by atoms with E-state index in [4.69, 9.17) is 10.2 Å². The van der Waals surface area contributed by atoms with E-state index in [1.807, 2.05) is 6.07 Å². The maximum Gasteiger partial charge on any atom is 0.345 e. The molecule has 0 aliphatic heterocycles. The van der Waals surface area contributed by atoms with Crippen molar-refractivity contribution in [2.45, 2.75) is 19.4 Å². The molecule has 0 radical (unpaired) electrons. The van der Waals surface area contributed by atoms with Gasteiger partial charge in [-0.15, -0.1) is 11.3 Å². The van der Waals surface area contributed by atoms with Gasteiger partial charge in [0.2, 0.25) is 0 Å². The molecule has 0 saturated heterocycles. The van der Waals surface area contributed by atoms with Crippen molar-refractivity contribution in [2.75, 3.05) is 13.2 Å². The summed E-state index contributed by atoms with van der Waals surface area (Å²) in [5.41, 5.74) is 0.104.